The standard InChI is InChI=1S/C19H30O/c1-14(19(2,3)4)12-17(20)13-16-10-7-9-15-8-5-6-11-18(15)16/h5-6,8,11,14,16-17,20H,7,9-10,12-13H2,1-4H3. The van der Waals surface area contributed by atoms with Gasteiger partial charge in [0, 0.05) is 0 Å². The quantitative estimate of drug-likeness (QED) is 0.825. The van der Waals surface area contributed by atoms with E-state index in [0.717, 1.165) is 12.8 Å². The Balaban J connectivity index is 1.97. The lowest BCUT2D eigenvalue weighted by Crippen LogP contribution is -2.25. The Kier molecular flexibility index (Phi) is 4.90. The first-order valence-electron chi connectivity index (χ1n) is 8.14. The number of fused-ring (bicyclic) bond motifs is 1. The molecule has 1 aliphatic carbocycles. The highest BCUT2D eigenvalue weighted by Gasteiger charge is 2.26. The Labute approximate surface area is 124 Å². The molecule has 1 aromatic rings. The molecule has 3 atom stereocenters. The lowest BCUT2D eigenvalue weighted by atomic mass is 9.75. The molecule has 1 aromatic carbocycles. The van der Waals surface area contributed by atoms with E-state index in [1.54, 1.807) is 0 Å². The van der Waals surface area contributed by atoms with Crippen molar-refractivity contribution in [2.24, 2.45) is 11.3 Å². The summed E-state index contributed by atoms with van der Waals surface area (Å²) in [5.74, 6) is 1.11. The SMILES string of the molecule is CC(CC(O)CC1CCCc2ccccc21)C(C)(C)C. The van der Waals surface area contributed by atoms with E-state index < -0.39 is 0 Å². The summed E-state index contributed by atoms with van der Waals surface area (Å²) in [5, 5.41) is 10.5. The lowest BCUT2D eigenvalue weighted by molar-refractivity contribution is 0.0951. The van der Waals surface area contributed by atoms with Crippen molar-refractivity contribution in [1.82, 2.24) is 0 Å². The summed E-state index contributed by atoms with van der Waals surface area (Å²) in [6.07, 6.45) is 5.39. The number of benzene rings is 1. The normalized spacial score (nSPS) is 22.1. The first kappa shape index (κ1) is 15.6. The topological polar surface area (TPSA) is 20.2 Å². The molecule has 0 saturated carbocycles. The van der Waals surface area contributed by atoms with Gasteiger partial charge >= 0.3 is 0 Å². The Morgan fingerprint density at radius 1 is 1.25 bits per heavy atom. The molecule has 1 aliphatic rings. The molecule has 20 heavy (non-hydrogen) atoms. The molecule has 3 unspecified atom stereocenters. The molecule has 1 heteroatoms. The van der Waals surface area contributed by atoms with Crippen LogP contribution in [0.25, 0.3) is 0 Å². The van der Waals surface area contributed by atoms with E-state index in [1.807, 2.05) is 0 Å². The highest BCUT2D eigenvalue weighted by molar-refractivity contribution is 5.32. The van der Waals surface area contributed by atoms with Crippen molar-refractivity contribution in [3.8, 4) is 0 Å². The number of rotatable bonds is 4. The minimum atomic E-state index is -0.166. The summed E-state index contributed by atoms with van der Waals surface area (Å²) in [7, 11) is 0. The highest BCUT2D eigenvalue weighted by atomic mass is 16.3. The van der Waals surface area contributed by atoms with E-state index in [4.69, 9.17) is 0 Å². The second-order valence-electron chi connectivity index (χ2n) is 7.68. The Morgan fingerprint density at radius 3 is 2.65 bits per heavy atom. The van der Waals surface area contributed by atoms with Crippen molar-refractivity contribution in [3.63, 3.8) is 0 Å². The van der Waals surface area contributed by atoms with Gasteiger partial charge < -0.3 is 5.11 Å². The summed E-state index contributed by atoms with van der Waals surface area (Å²) in [6, 6.07) is 8.80. The molecule has 1 N–H and O–H groups in total. The van der Waals surface area contributed by atoms with Gasteiger partial charge in [0.05, 0.1) is 6.10 Å². The van der Waals surface area contributed by atoms with Crippen LogP contribution < -0.4 is 0 Å². The van der Waals surface area contributed by atoms with E-state index >= 15 is 0 Å². The third kappa shape index (κ3) is 3.85. The van der Waals surface area contributed by atoms with Gasteiger partial charge in [-0.15, -0.1) is 0 Å². The molecule has 0 fully saturated rings. The number of aliphatic hydroxyl groups is 1. The predicted octanol–water partition coefficient (Wildman–Crippen LogP) is 4.93. The van der Waals surface area contributed by atoms with Crippen LogP contribution in [0.15, 0.2) is 24.3 Å². The van der Waals surface area contributed by atoms with Gasteiger partial charge in [0.25, 0.3) is 0 Å². The third-order valence-corrected chi connectivity index (χ3v) is 5.15. The number of hydrogen-bond donors (Lipinski definition) is 1. The zero-order valence-electron chi connectivity index (χ0n) is 13.5. The Bertz CT molecular complexity index is 430. The lowest BCUT2D eigenvalue weighted by Gasteiger charge is -2.32. The van der Waals surface area contributed by atoms with Crippen LogP contribution in [0, 0.1) is 11.3 Å². The Hall–Kier alpha value is -0.820. The molecule has 0 amide bonds. The van der Waals surface area contributed by atoms with E-state index in [1.165, 1.54) is 30.4 Å². The maximum atomic E-state index is 10.5. The first-order chi connectivity index (χ1) is 9.38. The zero-order valence-corrected chi connectivity index (χ0v) is 13.5. The molecule has 0 saturated heterocycles. The van der Waals surface area contributed by atoms with Crippen molar-refractivity contribution < 1.29 is 5.11 Å². The van der Waals surface area contributed by atoms with Crippen LogP contribution in [0.1, 0.15) is 70.4 Å². The minimum absolute atomic E-state index is 0.166. The molecular formula is C19H30O. The highest BCUT2D eigenvalue weighted by Crippen LogP contribution is 2.37. The van der Waals surface area contributed by atoms with Crippen LogP contribution >= 0.6 is 0 Å². The van der Waals surface area contributed by atoms with Gasteiger partial charge in [-0.3, -0.25) is 0 Å². The van der Waals surface area contributed by atoms with Gasteiger partial charge in [0.2, 0.25) is 0 Å². The monoisotopic (exact) mass is 274 g/mol. The minimum Gasteiger partial charge on any atom is -0.393 e. The van der Waals surface area contributed by atoms with E-state index in [9.17, 15) is 5.11 Å². The summed E-state index contributed by atoms with van der Waals surface area (Å²) >= 11 is 0. The third-order valence-electron chi connectivity index (χ3n) is 5.15. The molecule has 0 aliphatic heterocycles. The number of aliphatic hydroxyl groups excluding tert-OH is 1. The number of hydrogen-bond acceptors (Lipinski definition) is 1. The molecule has 2 rings (SSSR count). The maximum Gasteiger partial charge on any atom is 0.0548 e. The van der Waals surface area contributed by atoms with E-state index in [2.05, 4.69) is 52.0 Å². The average molecular weight is 274 g/mol. The van der Waals surface area contributed by atoms with Gasteiger partial charge in [0.15, 0.2) is 0 Å². The van der Waals surface area contributed by atoms with Crippen molar-refractivity contribution in [2.45, 2.75) is 71.8 Å². The van der Waals surface area contributed by atoms with Crippen LogP contribution in [0.2, 0.25) is 0 Å². The van der Waals surface area contributed by atoms with Crippen molar-refractivity contribution in [2.75, 3.05) is 0 Å². The molecule has 0 heterocycles. The zero-order chi connectivity index (χ0) is 14.8. The summed E-state index contributed by atoms with van der Waals surface area (Å²) in [6.45, 7) is 9.05. The average Bonchev–Trinajstić information content (AvgIpc) is 2.38. The largest absolute Gasteiger partial charge is 0.393 e. The van der Waals surface area contributed by atoms with Crippen LogP contribution in [-0.2, 0) is 6.42 Å². The van der Waals surface area contributed by atoms with Gasteiger partial charge in [-0.05, 0) is 60.5 Å². The van der Waals surface area contributed by atoms with Gasteiger partial charge in [-0.1, -0.05) is 52.0 Å². The van der Waals surface area contributed by atoms with Gasteiger partial charge in [-0.25, -0.2) is 0 Å². The van der Waals surface area contributed by atoms with Gasteiger partial charge in [0.1, 0.15) is 0 Å². The second-order valence-corrected chi connectivity index (χ2v) is 7.68. The van der Waals surface area contributed by atoms with Crippen molar-refractivity contribution >= 4 is 0 Å². The van der Waals surface area contributed by atoms with Crippen LogP contribution in [0.3, 0.4) is 0 Å². The molecular weight excluding hydrogens is 244 g/mol. The fourth-order valence-corrected chi connectivity index (χ4v) is 3.29. The second kappa shape index (κ2) is 6.30. The fourth-order valence-electron chi connectivity index (χ4n) is 3.29. The molecule has 0 spiro atoms. The summed E-state index contributed by atoms with van der Waals surface area (Å²) in [5.41, 5.74) is 3.27. The van der Waals surface area contributed by atoms with Crippen molar-refractivity contribution in [3.05, 3.63) is 35.4 Å². The molecule has 112 valence electrons. The Morgan fingerprint density at radius 2 is 1.95 bits per heavy atom. The molecule has 0 radical (unpaired) electrons. The van der Waals surface area contributed by atoms with E-state index in [0.29, 0.717) is 11.8 Å². The first-order valence-corrected chi connectivity index (χ1v) is 8.14. The fraction of sp³-hybridized carbons (Fsp3) is 0.684. The molecule has 0 bridgehead atoms. The van der Waals surface area contributed by atoms with E-state index in [-0.39, 0.29) is 11.5 Å². The van der Waals surface area contributed by atoms with Gasteiger partial charge in [-0.2, -0.15) is 0 Å². The van der Waals surface area contributed by atoms with Crippen LogP contribution in [0.4, 0.5) is 0 Å². The maximum absolute atomic E-state index is 10.5. The van der Waals surface area contributed by atoms with Crippen LogP contribution in [0.5, 0.6) is 0 Å². The summed E-state index contributed by atoms with van der Waals surface area (Å²) < 4.78 is 0. The smallest absolute Gasteiger partial charge is 0.0548 e. The summed E-state index contributed by atoms with van der Waals surface area (Å²) in [4.78, 5) is 0. The molecule has 0 aromatic heterocycles. The van der Waals surface area contributed by atoms with Crippen LogP contribution in [-0.4, -0.2) is 11.2 Å². The van der Waals surface area contributed by atoms with Crippen molar-refractivity contribution in [1.29, 1.82) is 0 Å². The predicted molar refractivity (Wildman–Crippen MR) is 86.0 cm³/mol. The molecule has 1 nitrogen and oxygen atoms in total. The number of aryl methyl sites for hydroxylation is 1.